The number of fused-ring (bicyclic) bond motifs is 1. The Bertz CT molecular complexity index is 606. The Labute approximate surface area is 88.7 Å². The van der Waals surface area contributed by atoms with Crippen LogP contribution in [0.5, 0.6) is 0 Å². The lowest BCUT2D eigenvalue weighted by molar-refractivity contribution is -0.142. The molecule has 3 nitrogen and oxygen atoms in total. The lowest BCUT2D eigenvalue weighted by Crippen LogP contribution is -2.24. The van der Waals surface area contributed by atoms with Gasteiger partial charge in [-0.25, -0.2) is 4.98 Å². The van der Waals surface area contributed by atoms with Gasteiger partial charge < -0.3 is 4.98 Å². The lowest BCUT2D eigenvalue weighted by atomic mass is 9.96. The number of alkyl halides is 3. The van der Waals surface area contributed by atoms with Gasteiger partial charge >= 0.3 is 6.18 Å². The van der Waals surface area contributed by atoms with Crippen LogP contribution < -0.4 is 11.0 Å². The summed E-state index contributed by atoms with van der Waals surface area (Å²) in [5, 5.41) is 0. The fraction of sp³-hybridized carbons (Fsp3) is 0.111. The number of rotatable bonds is 0. The van der Waals surface area contributed by atoms with Crippen molar-refractivity contribution in [3.63, 3.8) is 0 Å². The smallest absolute Gasteiger partial charge is 0.319 e. The average molecular weight is 224 g/mol. The minimum Gasteiger partial charge on any atom is -0.319 e. The molecule has 1 heterocycles. The van der Waals surface area contributed by atoms with Crippen LogP contribution in [0.25, 0.3) is 11.0 Å². The highest BCUT2D eigenvalue weighted by Crippen LogP contribution is 2.25. The van der Waals surface area contributed by atoms with Crippen molar-refractivity contribution in [1.29, 1.82) is 0 Å². The zero-order valence-electron chi connectivity index (χ0n) is 7.80. The topological polar surface area (TPSA) is 45.8 Å². The summed E-state index contributed by atoms with van der Waals surface area (Å²) in [7, 11) is 5.43. The minimum atomic E-state index is -4.76. The van der Waals surface area contributed by atoms with Crippen LogP contribution in [0.2, 0.25) is 0 Å². The first kappa shape index (κ1) is 10.7. The van der Waals surface area contributed by atoms with Crippen molar-refractivity contribution in [2.45, 2.75) is 6.18 Å². The van der Waals surface area contributed by atoms with Crippen molar-refractivity contribution < 1.29 is 13.2 Å². The average Bonchev–Trinajstić information content (AvgIpc) is 2.14. The summed E-state index contributed by atoms with van der Waals surface area (Å²) in [4.78, 5) is 16.5. The highest BCUT2D eigenvalue weighted by molar-refractivity contribution is 6.33. The fourth-order valence-corrected chi connectivity index (χ4v) is 1.30. The molecule has 0 saturated carbocycles. The Morgan fingerprint density at radius 3 is 2.62 bits per heavy atom. The first-order valence-electron chi connectivity index (χ1n) is 4.24. The van der Waals surface area contributed by atoms with Gasteiger partial charge in [0.05, 0.1) is 11.0 Å². The molecule has 2 rings (SSSR count). The third-order valence-corrected chi connectivity index (χ3v) is 1.98. The van der Waals surface area contributed by atoms with Gasteiger partial charge in [0.25, 0.3) is 5.56 Å². The van der Waals surface area contributed by atoms with Crippen LogP contribution in [0.15, 0.2) is 23.0 Å². The fourth-order valence-electron chi connectivity index (χ4n) is 1.30. The summed E-state index contributed by atoms with van der Waals surface area (Å²) in [6.45, 7) is 0. The number of H-pyrrole nitrogens is 1. The van der Waals surface area contributed by atoms with E-state index in [1.54, 1.807) is 0 Å². The van der Waals surface area contributed by atoms with E-state index >= 15 is 0 Å². The van der Waals surface area contributed by atoms with Crippen molar-refractivity contribution in [2.75, 3.05) is 0 Å². The van der Waals surface area contributed by atoms with Crippen LogP contribution >= 0.6 is 0 Å². The normalized spacial score (nSPS) is 11.9. The number of aromatic nitrogens is 2. The van der Waals surface area contributed by atoms with Gasteiger partial charge in [0, 0.05) is 0 Å². The molecular formula is C9H4BF3N2O. The Balaban J connectivity index is 2.78. The molecule has 7 heteroatoms. The van der Waals surface area contributed by atoms with Gasteiger partial charge in [0.1, 0.15) is 7.85 Å². The summed E-state index contributed by atoms with van der Waals surface area (Å²) in [6.07, 6.45) is -4.76. The second kappa shape index (κ2) is 3.36. The van der Waals surface area contributed by atoms with E-state index in [-0.39, 0.29) is 11.0 Å². The van der Waals surface area contributed by atoms with E-state index in [2.05, 4.69) is 9.97 Å². The van der Waals surface area contributed by atoms with Gasteiger partial charge in [0.2, 0.25) is 5.69 Å². The largest absolute Gasteiger partial charge is 0.438 e. The Hall–Kier alpha value is -1.79. The summed E-state index contributed by atoms with van der Waals surface area (Å²) in [6, 6.07) is 4.08. The van der Waals surface area contributed by atoms with Gasteiger partial charge in [-0.05, 0) is 12.1 Å². The molecule has 0 spiro atoms. The first-order chi connectivity index (χ1) is 7.38. The van der Waals surface area contributed by atoms with Crippen molar-refractivity contribution in [1.82, 2.24) is 9.97 Å². The summed E-state index contributed by atoms with van der Waals surface area (Å²) in [5.41, 5.74) is -2.17. The van der Waals surface area contributed by atoms with Gasteiger partial charge in [-0.2, -0.15) is 13.2 Å². The molecule has 0 unspecified atom stereocenters. The van der Waals surface area contributed by atoms with Crippen molar-refractivity contribution in [3.05, 3.63) is 34.2 Å². The third-order valence-electron chi connectivity index (χ3n) is 1.98. The Morgan fingerprint density at radius 1 is 1.31 bits per heavy atom. The second-order valence-corrected chi connectivity index (χ2v) is 3.19. The number of hydrogen-bond donors (Lipinski definition) is 1. The molecule has 1 aromatic heterocycles. The highest BCUT2D eigenvalue weighted by Gasteiger charge is 2.36. The third kappa shape index (κ3) is 1.80. The molecule has 0 saturated heterocycles. The van der Waals surface area contributed by atoms with Gasteiger partial charge in [-0.1, -0.05) is 11.5 Å². The number of benzene rings is 1. The Kier molecular flexibility index (Phi) is 2.25. The number of aromatic amines is 1. The quantitative estimate of drug-likeness (QED) is 0.670. The number of nitrogens with one attached hydrogen (secondary N) is 1. The zero-order chi connectivity index (χ0) is 11.9. The molecular weight excluding hydrogens is 220 g/mol. The van der Waals surface area contributed by atoms with E-state index in [0.717, 1.165) is 0 Å². The van der Waals surface area contributed by atoms with Crippen LogP contribution in [-0.4, -0.2) is 17.8 Å². The van der Waals surface area contributed by atoms with Crippen LogP contribution in [0.3, 0.4) is 0 Å². The van der Waals surface area contributed by atoms with Crippen LogP contribution in [0, 0.1) is 0 Å². The number of hydrogen-bond acceptors (Lipinski definition) is 2. The predicted octanol–water partition coefficient (Wildman–Crippen LogP) is 0.736. The molecule has 16 heavy (non-hydrogen) atoms. The van der Waals surface area contributed by atoms with E-state index in [0.29, 0.717) is 5.46 Å². The van der Waals surface area contributed by atoms with E-state index in [4.69, 9.17) is 7.85 Å². The maximum atomic E-state index is 12.3. The Morgan fingerprint density at radius 2 is 2.00 bits per heavy atom. The molecule has 0 amide bonds. The minimum absolute atomic E-state index is 0.0427. The van der Waals surface area contributed by atoms with Crippen molar-refractivity contribution in [2.24, 2.45) is 0 Å². The molecule has 1 N–H and O–H groups in total. The first-order valence-corrected chi connectivity index (χ1v) is 4.24. The van der Waals surface area contributed by atoms with Crippen molar-refractivity contribution in [3.8, 4) is 0 Å². The molecule has 80 valence electrons. The number of nitrogens with zero attached hydrogens (tertiary/aromatic N) is 1. The van der Waals surface area contributed by atoms with Gasteiger partial charge in [0.15, 0.2) is 0 Å². The van der Waals surface area contributed by atoms with Crippen LogP contribution in [0.1, 0.15) is 5.69 Å². The predicted molar refractivity (Wildman–Crippen MR) is 52.8 cm³/mol. The molecule has 0 fully saturated rings. The van der Waals surface area contributed by atoms with Crippen LogP contribution in [0.4, 0.5) is 13.2 Å². The van der Waals surface area contributed by atoms with Gasteiger partial charge in [-0.15, -0.1) is 0 Å². The van der Waals surface area contributed by atoms with E-state index < -0.39 is 17.4 Å². The molecule has 0 bridgehead atoms. The van der Waals surface area contributed by atoms with E-state index in [9.17, 15) is 18.0 Å². The standard InChI is InChI=1S/C9H4BF3N2O/c10-4-1-2-5-6(3-4)15-8(16)7(14-5)9(11,12)13/h1-3H,(H,15,16). The molecule has 0 aliphatic heterocycles. The molecule has 0 aliphatic carbocycles. The highest BCUT2D eigenvalue weighted by atomic mass is 19.4. The molecule has 0 aliphatic rings. The maximum Gasteiger partial charge on any atom is 0.438 e. The summed E-state index contributed by atoms with van der Waals surface area (Å²) in [5.74, 6) is 0. The summed E-state index contributed by atoms with van der Waals surface area (Å²) >= 11 is 0. The second-order valence-electron chi connectivity index (χ2n) is 3.19. The maximum absolute atomic E-state index is 12.3. The van der Waals surface area contributed by atoms with Gasteiger partial charge in [-0.3, -0.25) is 4.79 Å². The SMILES string of the molecule is [B]c1ccc2nc(C(F)(F)F)c(=O)[nH]c2c1. The van der Waals surface area contributed by atoms with E-state index in [1.807, 2.05) is 0 Å². The lowest BCUT2D eigenvalue weighted by Gasteiger charge is -2.06. The molecule has 0 atom stereocenters. The number of halogens is 3. The molecule has 2 radical (unpaired) electrons. The van der Waals surface area contributed by atoms with Crippen molar-refractivity contribution >= 4 is 24.3 Å². The van der Waals surface area contributed by atoms with E-state index in [1.165, 1.54) is 18.2 Å². The molecule has 1 aromatic carbocycles. The summed E-state index contributed by atoms with van der Waals surface area (Å²) < 4.78 is 37.0. The van der Waals surface area contributed by atoms with Crippen LogP contribution in [-0.2, 0) is 6.18 Å². The monoisotopic (exact) mass is 224 g/mol. The molecule has 2 aromatic rings. The zero-order valence-corrected chi connectivity index (χ0v) is 7.80.